The number of fused-ring (bicyclic) bond motifs is 1. The van der Waals surface area contributed by atoms with E-state index < -0.39 is 9.84 Å². The fourth-order valence-corrected chi connectivity index (χ4v) is 3.54. The minimum Gasteiger partial charge on any atom is -0.461 e. The Balaban J connectivity index is 0.00000300. The molecule has 1 aromatic heterocycles. The third-order valence-corrected chi connectivity index (χ3v) is 5.55. The minimum absolute atomic E-state index is 0. The Morgan fingerprint density at radius 1 is 1.00 bits per heavy atom. The molecule has 0 aliphatic carbocycles. The monoisotopic (exact) mass is 527 g/mol. The number of aliphatic imine (C=N–C) groups is 1. The van der Waals surface area contributed by atoms with Crippen molar-refractivity contribution >= 4 is 50.7 Å². The van der Waals surface area contributed by atoms with Crippen LogP contribution in [-0.2, 0) is 22.7 Å². The average Bonchev–Trinajstić information content (AvgIpc) is 3.09. The summed E-state index contributed by atoms with van der Waals surface area (Å²) in [6.07, 6.45) is 2.75. The Bertz CT molecular complexity index is 1030. The van der Waals surface area contributed by atoms with Crippen molar-refractivity contribution < 1.29 is 12.8 Å². The van der Waals surface area contributed by atoms with E-state index in [9.17, 15) is 8.42 Å². The quantitative estimate of drug-likeness (QED) is 0.280. The maximum absolute atomic E-state index is 11.5. The molecule has 156 valence electrons. The number of nitrogens with zero attached hydrogens (tertiary/aromatic N) is 1. The predicted molar refractivity (Wildman–Crippen MR) is 128 cm³/mol. The Kier molecular flexibility index (Phi) is 8.51. The van der Waals surface area contributed by atoms with Crippen LogP contribution < -0.4 is 10.6 Å². The smallest absolute Gasteiger partial charge is 0.191 e. The van der Waals surface area contributed by atoms with Crippen molar-refractivity contribution in [1.29, 1.82) is 0 Å². The molecule has 0 bridgehead atoms. The lowest BCUT2D eigenvalue weighted by atomic mass is 10.1. The summed E-state index contributed by atoms with van der Waals surface area (Å²) in [5.41, 5.74) is 1.97. The summed E-state index contributed by atoms with van der Waals surface area (Å²) < 4.78 is 28.8. The standard InChI is InChI=1S/C21H25N3O3S.HI/c1-22-21(23-13-11-16-7-9-19(10-8-16)28(2,25)26)24-14-12-18-15-17-5-3-4-6-20(17)27-18;/h3-10,15H,11-14H2,1-2H3,(H2,22,23,24);1H. The topological polar surface area (TPSA) is 83.7 Å². The first-order valence-corrected chi connectivity index (χ1v) is 11.1. The molecule has 0 atom stereocenters. The molecule has 0 aliphatic heterocycles. The van der Waals surface area contributed by atoms with Crippen molar-refractivity contribution in [2.75, 3.05) is 26.4 Å². The molecule has 0 fully saturated rings. The lowest BCUT2D eigenvalue weighted by Crippen LogP contribution is -2.39. The van der Waals surface area contributed by atoms with Crippen molar-refractivity contribution in [1.82, 2.24) is 10.6 Å². The van der Waals surface area contributed by atoms with Crippen LogP contribution in [0.4, 0.5) is 0 Å². The van der Waals surface area contributed by atoms with Crippen LogP contribution in [0.2, 0.25) is 0 Å². The number of halogens is 1. The van der Waals surface area contributed by atoms with Gasteiger partial charge in [-0.1, -0.05) is 30.3 Å². The van der Waals surface area contributed by atoms with Crippen LogP contribution in [0, 0.1) is 0 Å². The molecule has 0 spiro atoms. The number of para-hydroxylation sites is 1. The molecule has 0 saturated heterocycles. The summed E-state index contributed by atoms with van der Waals surface area (Å²) in [5.74, 6) is 1.67. The summed E-state index contributed by atoms with van der Waals surface area (Å²) in [7, 11) is -1.42. The fourth-order valence-electron chi connectivity index (χ4n) is 2.91. The first kappa shape index (κ1) is 23.2. The van der Waals surface area contributed by atoms with E-state index in [1.54, 1.807) is 19.2 Å². The molecule has 6 nitrogen and oxygen atoms in total. The number of benzene rings is 2. The van der Waals surface area contributed by atoms with Gasteiger partial charge in [-0.15, -0.1) is 24.0 Å². The number of guanidine groups is 1. The van der Waals surface area contributed by atoms with Crippen LogP contribution in [0.1, 0.15) is 11.3 Å². The van der Waals surface area contributed by atoms with Crippen molar-refractivity contribution in [3.8, 4) is 0 Å². The van der Waals surface area contributed by atoms with Gasteiger partial charge in [0.15, 0.2) is 15.8 Å². The summed E-state index contributed by atoms with van der Waals surface area (Å²) in [4.78, 5) is 4.56. The zero-order valence-electron chi connectivity index (χ0n) is 16.5. The summed E-state index contributed by atoms with van der Waals surface area (Å²) >= 11 is 0. The molecule has 0 saturated carbocycles. The minimum atomic E-state index is -3.15. The number of sulfone groups is 1. The molecule has 0 amide bonds. The van der Waals surface area contributed by atoms with E-state index in [2.05, 4.69) is 21.7 Å². The second-order valence-corrected chi connectivity index (χ2v) is 8.61. The van der Waals surface area contributed by atoms with E-state index in [1.807, 2.05) is 36.4 Å². The molecule has 29 heavy (non-hydrogen) atoms. The molecular formula is C21H26IN3O3S. The van der Waals surface area contributed by atoms with Gasteiger partial charge in [0.25, 0.3) is 0 Å². The van der Waals surface area contributed by atoms with Crippen LogP contribution in [0.15, 0.2) is 68.9 Å². The molecule has 3 aromatic rings. The molecule has 0 unspecified atom stereocenters. The first-order valence-electron chi connectivity index (χ1n) is 9.17. The lowest BCUT2D eigenvalue weighted by molar-refractivity contribution is 0.544. The molecular weight excluding hydrogens is 501 g/mol. The van der Waals surface area contributed by atoms with Gasteiger partial charge in [-0.2, -0.15) is 0 Å². The van der Waals surface area contributed by atoms with Gasteiger partial charge in [-0.3, -0.25) is 4.99 Å². The second-order valence-electron chi connectivity index (χ2n) is 6.59. The number of hydrogen-bond acceptors (Lipinski definition) is 4. The Hall–Kier alpha value is -2.07. The van der Waals surface area contributed by atoms with Gasteiger partial charge < -0.3 is 15.1 Å². The Labute approximate surface area is 188 Å². The van der Waals surface area contributed by atoms with Crippen LogP contribution in [-0.4, -0.2) is 40.8 Å². The van der Waals surface area contributed by atoms with Crippen LogP contribution in [0.5, 0.6) is 0 Å². The number of furan rings is 1. The van der Waals surface area contributed by atoms with Crippen molar-refractivity contribution in [2.24, 2.45) is 4.99 Å². The summed E-state index contributed by atoms with van der Waals surface area (Å²) in [6, 6.07) is 17.0. The van der Waals surface area contributed by atoms with Crippen LogP contribution in [0.25, 0.3) is 11.0 Å². The van der Waals surface area contributed by atoms with E-state index in [0.717, 1.165) is 41.1 Å². The van der Waals surface area contributed by atoms with Gasteiger partial charge in [0, 0.05) is 38.2 Å². The zero-order valence-corrected chi connectivity index (χ0v) is 19.7. The maximum Gasteiger partial charge on any atom is 0.191 e. The largest absolute Gasteiger partial charge is 0.461 e. The first-order chi connectivity index (χ1) is 13.5. The Morgan fingerprint density at radius 3 is 2.28 bits per heavy atom. The third-order valence-electron chi connectivity index (χ3n) is 4.42. The fraction of sp³-hybridized carbons (Fsp3) is 0.286. The van der Waals surface area contributed by atoms with Gasteiger partial charge in [-0.05, 0) is 36.2 Å². The van der Waals surface area contributed by atoms with Gasteiger partial charge in [0.05, 0.1) is 4.90 Å². The van der Waals surface area contributed by atoms with Crippen molar-refractivity contribution in [3.05, 3.63) is 65.9 Å². The molecule has 0 aliphatic rings. The average molecular weight is 527 g/mol. The van der Waals surface area contributed by atoms with Gasteiger partial charge in [0.2, 0.25) is 0 Å². The second kappa shape index (κ2) is 10.6. The van der Waals surface area contributed by atoms with E-state index in [-0.39, 0.29) is 24.0 Å². The third kappa shape index (κ3) is 6.74. The van der Waals surface area contributed by atoms with Gasteiger partial charge >= 0.3 is 0 Å². The normalized spacial score (nSPS) is 11.9. The highest BCUT2D eigenvalue weighted by Crippen LogP contribution is 2.18. The van der Waals surface area contributed by atoms with E-state index in [1.165, 1.54) is 6.26 Å². The predicted octanol–water partition coefficient (Wildman–Crippen LogP) is 3.40. The summed E-state index contributed by atoms with van der Waals surface area (Å²) in [6.45, 7) is 1.41. The lowest BCUT2D eigenvalue weighted by Gasteiger charge is -2.11. The highest BCUT2D eigenvalue weighted by atomic mass is 127. The highest BCUT2D eigenvalue weighted by molar-refractivity contribution is 14.0. The number of rotatable bonds is 7. The molecule has 3 rings (SSSR count). The van der Waals surface area contributed by atoms with E-state index in [0.29, 0.717) is 18.0 Å². The van der Waals surface area contributed by atoms with Crippen LogP contribution >= 0.6 is 24.0 Å². The molecule has 2 aromatic carbocycles. The van der Waals surface area contributed by atoms with Crippen LogP contribution in [0.3, 0.4) is 0 Å². The maximum atomic E-state index is 11.5. The SMILES string of the molecule is CN=C(NCCc1ccc(S(C)(=O)=O)cc1)NCCc1cc2ccccc2o1.I. The van der Waals surface area contributed by atoms with E-state index in [4.69, 9.17) is 4.42 Å². The molecule has 1 heterocycles. The number of hydrogen-bond donors (Lipinski definition) is 2. The molecule has 0 radical (unpaired) electrons. The van der Waals surface area contributed by atoms with Gasteiger partial charge in [0.1, 0.15) is 11.3 Å². The van der Waals surface area contributed by atoms with Gasteiger partial charge in [-0.25, -0.2) is 8.42 Å². The molecule has 2 N–H and O–H groups in total. The number of nitrogens with one attached hydrogen (secondary N) is 2. The summed E-state index contributed by atoms with van der Waals surface area (Å²) in [5, 5.41) is 7.66. The van der Waals surface area contributed by atoms with E-state index >= 15 is 0 Å². The Morgan fingerprint density at radius 2 is 1.66 bits per heavy atom. The highest BCUT2D eigenvalue weighted by Gasteiger charge is 2.06. The van der Waals surface area contributed by atoms with Crippen molar-refractivity contribution in [3.63, 3.8) is 0 Å². The van der Waals surface area contributed by atoms with Crippen molar-refractivity contribution in [2.45, 2.75) is 17.7 Å². The zero-order chi connectivity index (χ0) is 20.0. The molecule has 8 heteroatoms.